The number of oxazole rings is 1. The number of anilines is 2. The van der Waals surface area contributed by atoms with Crippen molar-refractivity contribution in [1.29, 1.82) is 0 Å². The first-order valence-corrected chi connectivity index (χ1v) is 9.03. The Bertz CT molecular complexity index is 771. The fraction of sp³-hybridized carbons (Fsp3) is 0.500. The van der Waals surface area contributed by atoms with E-state index >= 15 is 0 Å². The Morgan fingerprint density at radius 2 is 1.76 bits per heavy atom. The van der Waals surface area contributed by atoms with Gasteiger partial charge in [0.25, 0.3) is 0 Å². The van der Waals surface area contributed by atoms with Gasteiger partial charge in [-0.05, 0) is 81.5 Å². The molecule has 132 valence electrons. The summed E-state index contributed by atoms with van der Waals surface area (Å²) in [6.07, 6.45) is 9.00. The first kappa shape index (κ1) is 16.2. The van der Waals surface area contributed by atoms with Crippen LogP contribution in [0, 0.1) is 0 Å². The first-order chi connectivity index (χ1) is 11.9. The van der Waals surface area contributed by atoms with E-state index in [0.717, 1.165) is 44.2 Å². The highest BCUT2D eigenvalue weighted by Gasteiger charge is 2.35. The number of hydrogen-bond acceptors (Lipinski definition) is 4. The third-order valence-electron chi connectivity index (χ3n) is 4.85. The molecule has 4 rings (SSSR count). The lowest BCUT2D eigenvalue weighted by atomic mass is 9.98. The van der Waals surface area contributed by atoms with Crippen molar-refractivity contribution in [2.45, 2.75) is 64.9 Å². The highest BCUT2D eigenvalue weighted by Crippen LogP contribution is 2.43. The van der Waals surface area contributed by atoms with Crippen molar-refractivity contribution in [2.24, 2.45) is 0 Å². The van der Waals surface area contributed by atoms with Crippen LogP contribution in [-0.2, 0) is 30.4 Å². The summed E-state index contributed by atoms with van der Waals surface area (Å²) in [6.45, 7) is 5.62. The van der Waals surface area contributed by atoms with Crippen LogP contribution < -0.4 is 4.90 Å². The molecule has 5 heteroatoms. The van der Waals surface area contributed by atoms with E-state index in [9.17, 15) is 4.79 Å². The summed E-state index contributed by atoms with van der Waals surface area (Å²) in [5.41, 5.74) is 5.60. The molecule has 0 atom stereocenters. The fourth-order valence-corrected chi connectivity index (χ4v) is 3.95. The van der Waals surface area contributed by atoms with Crippen LogP contribution in [0.2, 0.25) is 0 Å². The van der Waals surface area contributed by atoms with Crippen LogP contribution in [-0.4, -0.2) is 16.7 Å². The van der Waals surface area contributed by atoms with Gasteiger partial charge in [-0.2, -0.15) is 4.90 Å². The standard InChI is InChI=1S/C20H24N2O3/c1-20(2,3)25-19(23)22(18-21-10-11-24-18)17-15-8-4-6-13(15)12-14-7-5-9-16(14)17/h10-12H,4-9H2,1-3H3. The zero-order valence-corrected chi connectivity index (χ0v) is 15.1. The molecule has 0 fully saturated rings. The zero-order valence-electron chi connectivity index (χ0n) is 15.1. The van der Waals surface area contributed by atoms with Crippen molar-refractivity contribution >= 4 is 17.8 Å². The van der Waals surface area contributed by atoms with Crippen molar-refractivity contribution in [3.8, 4) is 0 Å². The monoisotopic (exact) mass is 340 g/mol. The van der Waals surface area contributed by atoms with Gasteiger partial charge in [0.1, 0.15) is 11.9 Å². The Labute approximate surface area is 148 Å². The Kier molecular flexibility index (Phi) is 3.82. The van der Waals surface area contributed by atoms with E-state index in [1.54, 1.807) is 11.1 Å². The predicted octanol–water partition coefficient (Wildman–Crippen LogP) is 4.73. The Balaban J connectivity index is 1.88. The lowest BCUT2D eigenvalue weighted by Gasteiger charge is -2.28. The molecule has 25 heavy (non-hydrogen) atoms. The second-order valence-corrected chi connectivity index (χ2v) is 7.84. The van der Waals surface area contributed by atoms with Crippen molar-refractivity contribution in [3.05, 3.63) is 40.8 Å². The number of carbonyl (C=O) groups is 1. The molecule has 0 bridgehead atoms. The highest BCUT2D eigenvalue weighted by atomic mass is 16.6. The summed E-state index contributed by atoms with van der Waals surface area (Å²) in [7, 11) is 0. The second-order valence-electron chi connectivity index (χ2n) is 7.84. The van der Waals surface area contributed by atoms with Gasteiger partial charge in [0.2, 0.25) is 0 Å². The molecule has 1 aromatic heterocycles. The summed E-state index contributed by atoms with van der Waals surface area (Å²) in [4.78, 5) is 18.9. The minimum absolute atomic E-state index is 0.281. The highest BCUT2D eigenvalue weighted by molar-refractivity contribution is 5.96. The number of fused-ring (bicyclic) bond motifs is 2. The smallest absolute Gasteiger partial charge is 0.423 e. The summed E-state index contributed by atoms with van der Waals surface area (Å²) in [5.74, 6) is 0. The number of ether oxygens (including phenoxy) is 1. The van der Waals surface area contributed by atoms with Gasteiger partial charge in [-0.15, -0.1) is 0 Å². The van der Waals surface area contributed by atoms with Crippen LogP contribution in [0.25, 0.3) is 0 Å². The van der Waals surface area contributed by atoms with Gasteiger partial charge in [-0.25, -0.2) is 9.78 Å². The quantitative estimate of drug-likeness (QED) is 0.793. The average Bonchev–Trinajstić information content (AvgIpc) is 3.26. The van der Waals surface area contributed by atoms with E-state index < -0.39 is 11.7 Å². The number of aromatic nitrogens is 1. The van der Waals surface area contributed by atoms with Crippen LogP contribution >= 0.6 is 0 Å². The molecule has 0 saturated carbocycles. The Hall–Kier alpha value is -2.30. The van der Waals surface area contributed by atoms with Gasteiger partial charge in [-0.3, -0.25) is 0 Å². The molecule has 1 aromatic carbocycles. The van der Waals surface area contributed by atoms with E-state index in [-0.39, 0.29) is 6.01 Å². The molecule has 2 aromatic rings. The van der Waals surface area contributed by atoms with Crippen molar-refractivity contribution in [1.82, 2.24) is 4.98 Å². The van der Waals surface area contributed by atoms with E-state index in [1.165, 1.54) is 28.5 Å². The molecule has 0 radical (unpaired) electrons. The van der Waals surface area contributed by atoms with Crippen LogP contribution in [0.5, 0.6) is 0 Å². The maximum absolute atomic E-state index is 13.1. The van der Waals surface area contributed by atoms with E-state index in [0.29, 0.717) is 0 Å². The number of hydrogen-bond donors (Lipinski definition) is 0. The number of nitrogens with zero attached hydrogens (tertiary/aromatic N) is 2. The Morgan fingerprint density at radius 1 is 1.12 bits per heavy atom. The summed E-state index contributed by atoms with van der Waals surface area (Å²) < 4.78 is 11.2. The van der Waals surface area contributed by atoms with E-state index in [1.807, 2.05) is 20.8 Å². The summed E-state index contributed by atoms with van der Waals surface area (Å²) in [5, 5.41) is 0. The molecule has 1 amide bonds. The van der Waals surface area contributed by atoms with Crippen molar-refractivity contribution < 1.29 is 13.9 Å². The third kappa shape index (κ3) is 2.92. The number of rotatable bonds is 2. The molecule has 2 aliphatic carbocycles. The molecule has 1 heterocycles. The molecule has 0 N–H and O–H groups in total. The van der Waals surface area contributed by atoms with Gasteiger partial charge in [0, 0.05) is 0 Å². The van der Waals surface area contributed by atoms with Gasteiger partial charge in [-0.1, -0.05) is 6.07 Å². The van der Waals surface area contributed by atoms with Gasteiger partial charge < -0.3 is 9.15 Å². The lowest BCUT2D eigenvalue weighted by Crippen LogP contribution is -2.35. The molecule has 0 unspecified atom stereocenters. The number of amides is 1. The maximum atomic E-state index is 13.1. The van der Waals surface area contributed by atoms with Crippen LogP contribution in [0.3, 0.4) is 0 Å². The van der Waals surface area contributed by atoms with Crippen LogP contribution in [0.1, 0.15) is 55.9 Å². The molecule has 0 saturated heterocycles. The van der Waals surface area contributed by atoms with Crippen LogP contribution in [0.4, 0.5) is 16.5 Å². The van der Waals surface area contributed by atoms with Crippen molar-refractivity contribution in [2.75, 3.05) is 4.90 Å². The first-order valence-electron chi connectivity index (χ1n) is 9.03. The third-order valence-corrected chi connectivity index (χ3v) is 4.85. The molecule has 0 spiro atoms. The normalized spacial score (nSPS) is 15.8. The zero-order chi connectivity index (χ0) is 17.6. The topological polar surface area (TPSA) is 55.6 Å². The molecular weight excluding hydrogens is 316 g/mol. The minimum atomic E-state index is -0.580. The van der Waals surface area contributed by atoms with E-state index in [4.69, 9.17) is 9.15 Å². The Morgan fingerprint density at radius 3 is 2.28 bits per heavy atom. The molecule has 0 aliphatic heterocycles. The SMILES string of the molecule is CC(C)(C)OC(=O)N(c1ncco1)c1c2c(cc3c1CCC3)CCC2. The maximum Gasteiger partial charge on any atom is 0.423 e. The summed E-state index contributed by atoms with van der Waals surface area (Å²) >= 11 is 0. The predicted molar refractivity (Wildman–Crippen MR) is 95.4 cm³/mol. The lowest BCUT2D eigenvalue weighted by molar-refractivity contribution is 0.0592. The molecule has 5 nitrogen and oxygen atoms in total. The summed E-state index contributed by atoms with van der Waals surface area (Å²) in [6, 6.07) is 2.63. The van der Waals surface area contributed by atoms with Gasteiger partial charge in [0.15, 0.2) is 0 Å². The molecular formula is C20H24N2O3. The molecule has 2 aliphatic rings. The minimum Gasteiger partial charge on any atom is -0.443 e. The number of benzene rings is 1. The van der Waals surface area contributed by atoms with Gasteiger partial charge in [0.05, 0.1) is 11.9 Å². The van der Waals surface area contributed by atoms with E-state index in [2.05, 4.69) is 11.1 Å². The van der Waals surface area contributed by atoms with Crippen LogP contribution in [0.15, 0.2) is 22.9 Å². The number of carbonyl (C=O) groups excluding carboxylic acids is 1. The van der Waals surface area contributed by atoms with Gasteiger partial charge >= 0.3 is 12.1 Å². The number of aryl methyl sites for hydroxylation is 2. The average molecular weight is 340 g/mol. The fourth-order valence-electron chi connectivity index (χ4n) is 3.95. The van der Waals surface area contributed by atoms with Crippen molar-refractivity contribution in [3.63, 3.8) is 0 Å². The largest absolute Gasteiger partial charge is 0.443 e. The second kappa shape index (κ2) is 5.90.